The van der Waals surface area contributed by atoms with Gasteiger partial charge in [0.05, 0.1) is 16.3 Å². The molecular weight excluding hydrogens is 430 g/mol. The predicted molar refractivity (Wildman–Crippen MR) is 120 cm³/mol. The Hall–Kier alpha value is -3.92. The molecule has 2 aromatic carbocycles. The van der Waals surface area contributed by atoms with Crippen molar-refractivity contribution >= 4 is 44.7 Å². The Morgan fingerprint density at radius 2 is 1.72 bits per heavy atom. The van der Waals surface area contributed by atoms with Crippen LogP contribution in [0.25, 0.3) is 0 Å². The lowest BCUT2D eigenvalue weighted by Gasteiger charge is -2.11. The van der Waals surface area contributed by atoms with Crippen LogP contribution in [-0.4, -0.2) is 35.9 Å². The molecule has 0 spiro atoms. The molecule has 2 amide bonds. The summed E-state index contributed by atoms with van der Waals surface area (Å²) in [6.07, 6.45) is 0. The number of nitrogens with one attached hydrogen (secondary N) is 1. The van der Waals surface area contributed by atoms with Crippen molar-refractivity contribution in [2.75, 3.05) is 9.62 Å². The van der Waals surface area contributed by atoms with Crippen molar-refractivity contribution in [2.45, 2.75) is 25.7 Å². The number of fused-ring (bicyclic) bond motifs is 1. The Bertz CT molecular complexity index is 1360. The molecule has 0 fully saturated rings. The fourth-order valence-corrected chi connectivity index (χ4v) is 4.41. The Morgan fingerprint density at radius 3 is 2.38 bits per heavy atom. The van der Waals surface area contributed by atoms with E-state index in [9.17, 15) is 18.0 Å². The van der Waals surface area contributed by atoms with Crippen molar-refractivity contribution in [3.63, 3.8) is 0 Å². The topological polar surface area (TPSA) is 122 Å². The number of rotatable bonds is 4. The maximum absolute atomic E-state index is 12.7. The minimum Gasteiger partial charge on any atom is -0.274 e. The first-order valence-corrected chi connectivity index (χ1v) is 11.1. The van der Waals surface area contributed by atoms with Crippen LogP contribution in [0.4, 0.5) is 17.2 Å². The summed E-state index contributed by atoms with van der Waals surface area (Å²) in [4.78, 5) is 38.4. The number of aryl methyl sites for hydroxylation is 2. The van der Waals surface area contributed by atoms with E-state index in [1.54, 1.807) is 38.1 Å². The quantitative estimate of drug-likeness (QED) is 0.654. The Kier molecular flexibility index (Phi) is 5.31. The minimum atomic E-state index is -3.88. The largest absolute Gasteiger partial charge is 0.284 e. The van der Waals surface area contributed by atoms with Crippen LogP contribution in [0.5, 0.6) is 0 Å². The number of imide groups is 1. The molecule has 4 rings (SSSR count). The van der Waals surface area contributed by atoms with Gasteiger partial charge in [0.2, 0.25) is 5.91 Å². The molecule has 0 bridgehead atoms. The SMILES string of the molecule is CC(=O)N1C(=O)C(=Nc2ccc(S(=O)(=O)Nc3cc(C)nc(C)n3)cc2)c2ccccc21. The van der Waals surface area contributed by atoms with Crippen molar-refractivity contribution in [2.24, 2.45) is 4.99 Å². The highest BCUT2D eigenvalue weighted by atomic mass is 32.2. The Balaban J connectivity index is 1.64. The number of sulfonamides is 1. The summed E-state index contributed by atoms with van der Waals surface area (Å²) < 4.78 is 27.9. The van der Waals surface area contributed by atoms with Gasteiger partial charge in [0.1, 0.15) is 17.4 Å². The second-order valence-corrected chi connectivity index (χ2v) is 8.86. The van der Waals surface area contributed by atoms with E-state index < -0.39 is 21.8 Å². The second-order valence-electron chi connectivity index (χ2n) is 7.18. The standard InChI is InChI=1S/C22H19N5O4S/c1-13-12-20(24-14(2)23-13)26-32(30,31)17-10-8-16(9-11-17)25-21-18-6-4-5-7-19(18)27(15(3)28)22(21)29/h4-12H,1-3H3,(H,23,24,26). The number of amides is 2. The van der Waals surface area contributed by atoms with Gasteiger partial charge in [-0.05, 0) is 44.2 Å². The number of para-hydroxylation sites is 1. The number of carbonyl (C=O) groups is 2. The molecule has 1 aliphatic rings. The zero-order chi connectivity index (χ0) is 23.0. The number of aliphatic imine (C=N–C) groups is 1. The maximum atomic E-state index is 12.7. The van der Waals surface area contributed by atoms with Gasteiger partial charge >= 0.3 is 0 Å². The lowest BCUT2D eigenvalue weighted by Crippen LogP contribution is -2.34. The van der Waals surface area contributed by atoms with Crippen molar-refractivity contribution in [3.05, 3.63) is 71.7 Å². The van der Waals surface area contributed by atoms with Crippen LogP contribution in [0.2, 0.25) is 0 Å². The number of hydrogen-bond acceptors (Lipinski definition) is 7. The highest BCUT2D eigenvalue weighted by molar-refractivity contribution is 7.92. The van der Waals surface area contributed by atoms with Crippen LogP contribution in [0.1, 0.15) is 24.0 Å². The van der Waals surface area contributed by atoms with Crippen LogP contribution in [0.3, 0.4) is 0 Å². The molecular formula is C22H19N5O4S. The molecule has 2 heterocycles. The fourth-order valence-electron chi connectivity index (χ4n) is 3.41. The monoisotopic (exact) mass is 449 g/mol. The first-order valence-electron chi connectivity index (χ1n) is 9.64. The molecule has 0 atom stereocenters. The van der Waals surface area contributed by atoms with Crippen molar-refractivity contribution in [1.82, 2.24) is 9.97 Å². The van der Waals surface area contributed by atoms with E-state index in [0.717, 1.165) is 4.90 Å². The first-order chi connectivity index (χ1) is 15.2. The maximum Gasteiger partial charge on any atom is 0.284 e. The lowest BCUT2D eigenvalue weighted by molar-refractivity contribution is -0.121. The molecule has 0 saturated heterocycles. The van der Waals surface area contributed by atoms with E-state index in [1.165, 1.54) is 37.3 Å². The number of nitrogens with zero attached hydrogens (tertiary/aromatic N) is 4. The van der Waals surface area contributed by atoms with Crippen molar-refractivity contribution < 1.29 is 18.0 Å². The van der Waals surface area contributed by atoms with E-state index in [4.69, 9.17) is 0 Å². The van der Waals surface area contributed by atoms with Crippen molar-refractivity contribution in [3.8, 4) is 0 Å². The summed E-state index contributed by atoms with van der Waals surface area (Å²) in [7, 11) is -3.88. The molecule has 32 heavy (non-hydrogen) atoms. The van der Waals surface area contributed by atoms with Crippen LogP contribution in [0.15, 0.2) is 64.5 Å². The molecule has 9 nitrogen and oxygen atoms in total. The average molecular weight is 449 g/mol. The molecule has 0 saturated carbocycles. The van der Waals surface area contributed by atoms with Crippen LogP contribution in [0, 0.1) is 13.8 Å². The zero-order valence-electron chi connectivity index (χ0n) is 17.5. The van der Waals surface area contributed by atoms with E-state index in [2.05, 4.69) is 19.7 Å². The molecule has 0 unspecified atom stereocenters. The number of anilines is 2. The third kappa shape index (κ3) is 4.00. The normalized spacial score (nSPS) is 14.5. The number of carbonyl (C=O) groups excluding carboxylic acids is 2. The number of hydrogen-bond donors (Lipinski definition) is 1. The first kappa shape index (κ1) is 21.3. The number of benzene rings is 2. The molecule has 10 heteroatoms. The van der Waals surface area contributed by atoms with Gasteiger partial charge in [0, 0.05) is 24.2 Å². The Morgan fingerprint density at radius 1 is 1.03 bits per heavy atom. The van der Waals surface area contributed by atoms with Crippen LogP contribution in [-0.2, 0) is 19.6 Å². The molecule has 0 aliphatic carbocycles. The minimum absolute atomic E-state index is 0.0129. The molecule has 0 radical (unpaired) electrons. The molecule has 1 aliphatic heterocycles. The summed E-state index contributed by atoms with van der Waals surface area (Å²) in [6, 6.07) is 14.2. The number of aromatic nitrogens is 2. The second kappa shape index (κ2) is 7.97. The lowest BCUT2D eigenvalue weighted by atomic mass is 10.1. The summed E-state index contributed by atoms with van der Waals surface area (Å²) in [5.41, 5.74) is 2.16. The van der Waals surface area contributed by atoms with Gasteiger partial charge in [-0.1, -0.05) is 18.2 Å². The highest BCUT2D eigenvalue weighted by Gasteiger charge is 2.36. The molecule has 3 aromatic rings. The molecule has 162 valence electrons. The average Bonchev–Trinajstić information content (AvgIpc) is 2.99. The Labute approximate surface area is 184 Å². The summed E-state index contributed by atoms with van der Waals surface area (Å²) in [5, 5.41) is 0. The van der Waals surface area contributed by atoms with Gasteiger partial charge in [-0.3, -0.25) is 14.3 Å². The van der Waals surface area contributed by atoms with Gasteiger partial charge in [-0.2, -0.15) is 0 Å². The van der Waals surface area contributed by atoms with Gasteiger partial charge in [-0.15, -0.1) is 0 Å². The third-order valence-electron chi connectivity index (χ3n) is 4.71. The molecule has 1 aromatic heterocycles. The zero-order valence-corrected chi connectivity index (χ0v) is 18.3. The fraction of sp³-hybridized carbons (Fsp3) is 0.136. The summed E-state index contributed by atoms with van der Waals surface area (Å²) in [6.45, 7) is 4.73. The van der Waals surface area contributed by atoms with Gasteiger partial charge in [0.15, 0.2) is 0 Å². The van der Waals surface area contributed by atoms with Gasteiger partial charge in [-0.25, -0.2) is 28.3 Å². The predicted octanol–water partition coefficient (Wildman–Crippen LogP) is 2.91. The van der Waals surface area contributed by atoms with Gasteiger partial charge < -0.3 is 0 Å². The van der Waals surface area contributed by atoms with Crippen molar-refractivity contribution in [1.29, 1.82) is 0 Å². The summed E-state index contributed by atoms with van der Waals surface area (Å²) in [5.74, 6) is -0.297. The highest BCUT2D eigenvalue weighted by Crippen LogP contribution is 2.31. The molecule has 1 N–H and O–H groups in total. The van der Waals surface area contributed by atoms with Gasteiger partial charge in [0.25, 0.3) is 15.9 Å². The van der Waals surface area contributed by atoms with E-state index in [0.29, 0.717) is 28.5 Å². The smallest absolute Gasteiger partial charge is 0.274 e. The summed E-state index contributed by atoms with van der Waals surface area (Å²) >= 11 is 0. The van der Waals surface area contributed by atoms with Crippen LogP contribution >= 0.6 is 0 Å². The van der Waals surface area contributed by atoms with E-state index >= 15 is 0 Å². The van der Waals surface area contributed by atoms with Crippen LogP contribution < -0.4 is 9.62 Å². The van der Waals surface area contributed by atoms with E-state index in [1.807, 2.05) is 0 Å². The third-order valence-corrected chi connectivity index (χ3v) is 6.08. The van der Waals surface area contributed by atoms with E-state index in [-0.39, 0.29) is 16.4 Å².